The number of anilines is 1. The molecule has 5 atom stereocenters. The van der Waals surface area contributed by atoms with Crippen LogP contribution in [-0.4, -0.2) is 57.6 Å². The van der Waals surface area contributed by atoms with Crippen LogP contribution in [0.2, 0.25) is 5.02 Å². The summed E-state index contributed by atoms with van der Waals surface area (Å²) in [6, 6.07) is 11.0. The SMILES string of the molecule is CO[C@H]1/C=C/C[C@H](CO)[C@@H](C)S(=O)(=O)NC(=O)c2ccc3c(c2)N(CCCCc2cc(Cl)ccc2CO3)C[C@@H]2CC[C@H]21. The van der Waals surface area contributed by atoms with E-state index in [2.05, 4.69) is 9.62 Å². The molecule has 0 unspecified atom stereocenters. The van der Waals surface area contributed by atoms with Gasteiger partial charge in [0.1, 0.15) is 12.4 Å². The molecule has 0 aromatic heterocycles. The van der Waals surface area contributed by atoms with Gasteiger partial charge in [-0.25, -0.2) is 13.1 Å². The number of hydrogen-bond acceptors (Lipinski definition) is 7. The van der Waals surface area contributed by atoms with Gasteiger partial charge in [0.25, 0.3) is 5.91 Å². The van der Waals surface area contributed by atoms with Gasteiger partial charge in [0.05, 0.1) is 17.0 Å². The van der Waals surface area contributed by atoms with Crippen LogP contribution in [0.4, 0.5) is 5.69 Å². The fraction of sp³-hybridized carbons (Fsp3) is 0.531. The number of aliphatic hydroxyl groups excluding tert-OH is 1. The topological polar surface area (TPSA) is 105 Å². The third-order valence-electron chi connectivity index (χ3n) is 9.25. The lowest BCUT2D eigenvalue weighted by atomic mass is 9.70. The Morgan fingerprint density at radius 1 is 1.14 bits per heavy atom. The number of fused-ring (bicyclic) bond motifs is 3. The second-order valence-electron chi connectivity index (χ2n) is 11.8. The maximum atomic E-state index is 13.3. The summed E-state index contributed by atoms with van der Waals surface area (Å²) < 4.78 is 41.0. The van der Waals surface area contributed by atoms with Gasteiger partial charge in [0, 0.05) is 43.3 Å². The van der Waals surface area contributed by atoms with Crippen molar-refractivity contribution in [3.05, 3.63) is 70.3 Å². The lowest BCUT2D eigenvalue weighted by Crippen LogP contribution is -2.44. The molecule has 2 N–H and O–H groups in total. The minimum atomic E-state index is -4.06. The Balaban J connectivity index is 1.55. The first-order valence-corrected chi connectivity index (χ1v) is 16.8. The minimum Gasteiger partial charge on any atom is -0.487 e. The quantitative estimate of drug-likeness (QED) is 0.451. The van der Waals surface area contributed by atoms with Crippen molar-refractivity contribution in [1.82, 2.24) is 4.72 Å². The number of ether oxygens (including phenoxy) is 2. The Hall–Kier alpha value is -2.59. The number of aryl methyl sites for hydroxylation is 1. The van der Waals surface area contributed by atoms with E-state index in [1.165, 1.54) is 12.5 Å². The number of sulfonamides is 1. The Labute approximate surface area is 254 Å². The molecule has 1 fully saturated rings. The second-order valence-corrected chi connectivity index (χ2v) is 14.3. The van der Waals surface area contributed by atoms with E-state index in [-0.39, 0.29) is 18.3 Å². The second kappa shape index (κ2) is 13.4. The highest BCUT2D eigenvalue weighted by atomic mass is 35.5. The van der Waals surface area contributed by atoms with E-state index in [9.17, 15) is 18.3 Å². The third kappa shape index (κ3) is 6.80. The van der Waals surface area contributed by atoms with Gasteiger partial charge < -0.3 is 19.5 Å². The molecule has 1 aliphatic carbocycles. The molecular formula is C32H41ClN2O6S. The number of carbonyl (C=O) groups is 1. The Bertz CT molecular complexity index is 1410. The number of nitrogens with one attached hydrogen (secondary N) is 1. The highest BCUT2D eigenvalue weighted by Crippen LogP contribution is 2.41. The maximum absolute atomic E-state index is 13.3. The van der Waals surface area contributed by atoms with Crippen LogP contribution in [-0.2, 0) is 27.8 Å². The number of benzene rings is 2. The summed E-state index contributed by atoms with van der Waals surface area (Å²) in [6.07, 6.45) is 9.09. The number of methoxy groups -OCH3 is 1. The van der Waals surface area contributed by atoms with Crippen molar-refractivity contribution < 1.29 is 27.8 Å². The fourth-order valence-corrected chi connectivity index (χ4v) is 7.81. The van der Waals surface area contributed by atoms with Gasteiger partial charge in [0.15, 0.2) is 0 Å². The van der Waals surface area contributed by atoms with Crippen molar-refractivity contribution >= 4 is 33.2 Å². The minimum absolute atomic E-state index is 0.104. The number of halogens is 1. The van der Waals surface area contributed by atoms with Gasteiger partial charge in [-0.1, -0.05) is 29.8 Å². The van der Waals surface area contributed by atoms with Crippen LogP contribution in [0.1, 0.15) is 60.5 Å². The standard InChI is InChI=1S/C32H41ClN2O6S/c1-21-25(19-36)7-5-8-30(40-2)28-13-10-24(28)18-35-15-4-3-6-22-16-27(33)12-9-26(22)20-41-31-14-11-23(17-29(31)35)32(37)34-42(21,38)39/h5,8-9,11-12,14,16-17,21,24-25,28,30,36H,3-4,6-7,10,13,15,18-20H2,1-2H3,(H,34,37)/b8-5+/t21-,24+,25-,28-,30+/m1/s1. The summed E-state index contributed by atoms with van der Waals surface area (Å²) in [7, 11) is -2.35. The van der Waals surface area contributed by atoms with E-state index in [1.54, 1.807) is 25.3 Å². The van der Waals surface area contributed by atoms with E-state index in [1.807, 2.05) is 30.4 Å². The molecule has 42 heavy (non-hydrogen) atoms. The molecule has 2 heterocycles. The average Bonchev–Trinajstić information content (AvgIpc) is 2.98. The highest BCUT2D eigenvalue weighted by Gasteiger charge is 2.38. The zero-order valence-corrected chi connectivity index (χ0v) is 25.9. The Kier molecular flexibility index (Phi) is 9.82. The number of rotatable bonds is 2. The molecule has 8 nitrogen and oxygen atoms in total. The first-order valence-electron chi connectivity index (χ1n) is 14.9. The summed E-state index contributed by atoms with van der Waals surface area (Å²) in [4.78, 5) is 15.6. The Morgan fingerprint density at radius 2 is 1.98 bits per heavy atom. The fourth-order valence-electron chi connectivity index (χ4n) is 6.35. The van der Waals surface area contributed by atoms with Crippen molar-refractivity contribution in [1.29, 1.82) is 0 Å². The van der Waals surface area contributed by atoms with Crippen LogP contribution >= 0.6 is 11.6 Å². The predicted molar refractivity (Wildman–Crippen MR) is 165 cm³/mol. The number of nitrogens with zero attached hydrogens (tertiary/aromatic N) is 1. The van der Waals surface area contributed by atoms with Crippen molar-refractivity contribution in [3.63, 3.8) is 0 Å². The van der Waals surface area contributed by atoms with Crippen LogP contribution in [0.3, 0.4) is 0 Å². The number of amides is 1. The summed E-state index contributed by atoms with van der Waals surface area (Å²) in [6.45, 7) is 3.11. The van der Waals surface area contributed by atoms with Gasteiger partial charge in [-0.3, -0.25) is 4.79 Å². The molecule has 0 spiro atoms. The molecule has 1 saturated carbocycles. The smallest absolute Gasteiger partial charge is 0.264 e. The zero-order valence-electron chi connectivity index (χ0n) is 24.3. The molecule has 2 bridgehead atoms. The average molecular weight is 617 g/mol. The van der Waals surface area contributed by atoms with E-state index in [4.69, 9.17) is 21.1 Å². The Morgan fingerprint density at radius 3 is 2.71 bits per heavy atom. The van der Waals surface area contributed by atoms with Crippen LogP contribution in [0, 0.1) is 17.8 Å². The summed E-state index contributed by atoms with van der Waals surface area (Å²) in [5.74, 6) is 0.0775. The van der Waals surface area contributed by atoms with Crippen molar-refractivity contribution in [2.45, 2.75) is 63.4 Å². The molecule has 2 aromatic carbocycles. The first kappa shape index (κ1) is 30.9. The largest absolute Gasteiger partial charge is 0.487 e. The highest BCUT2D eigenvalue weighted by molar-refractivity contribution is 7.90. The van der Waals surface area contributed by atoms with E-state index >= 15 is 0 Å². The van der Waals surface area contributed by atoms with Crippen molar-refractivity contribution in [3.8, 4) is 5.75 Å². The first-order chi connectivity index (χ1) is 20.2. The van der Waals surface area contributed by atoms with E-state index in [0.29, 0.717) is 35.6 Å². The van der Waals surface area contributed by atoms with Gasteiger partial charge >= 0.3 is 0 Å². The maximum Gasteiger partial charge on any atom is 0.264 e. The molecule has 0 radical (unpaired) electrons. The van der Waals surface area contributed by atoms with Gasteiger partial charge in [-0.15, -0.1) is 0 Å². The zero-order chi connectivity index (χ0) is 29.9. The summed E-state index contributed by atoms with van der Waals surface area (Å²) in [5, 5.41) is 9.73. The molecule has 0 saturated heterocycles. The van der Waals surface area contributed by atoms with Gasteiger partial charge in [-0.2, -0.15) is 0 Å². The summed E-state index contributed by atoms with van der Waals surface area (Å²) in [5.41, 5.74) is 3.27. The van der Waals surface area contributed by atoms with Crippen LogP contribution in [0.5, 0.6) is 5.75 Å². The number of aliphatic hydroxyl groups is 1. The van der Waals surface area contributed by atoms with E-state index < -0.39 is 27.1 Å². The molecule has 2 aliphatic heterocycles. The monoisotopic (exact) mass is 616 g/mol. The number of allylic oxidation sites excluding steroid dienone is 1. The van der Waals surface area contributed by atoms with Crippen molar-refractivity contribution in [2.24, 2.45) is 17.8 Å². The molecular weight excluding hydrogens is 576 g/mol. The molecule has 3 aliphatic rings. The summed E-state index contributed by atoms with van der Waals surface area (Å²) >= 11 is 6.31. The van der Waals surface area contributed by atoms with Crippen LogP contribution in [0.15, 0.2) is 48.6 Å². The molecule has 1 amide bonds. The molecule has 2 aromatic rings. The lowest BCUT2D eigenvalue weighted by molar-refractivity contribution is 0.0134. The lowest BCUT2D eigenvalue weighted by Gasteiger charge is -2.43. The van der Waals surface area contributed by atoms with E-state index in [0.717, 1.165) is 56.4 Å². The molecule has 10 heteroatoms. The molecule has 228 valence electrons. The molecule has 5 rings (SSSR count). The van der Waals surface area contributed by atoms with Crippen LogP contribution in [0.25, 0.3) is 0 Å². The number of carbonyl (C=O) groups excluding carboxylic acids is 1. The number of hydrogen-bond donors (Lipinski definition) is 2. The normalized spacial score (nSPS) is 29.0. The van der Waals surface area contributed by atoms with Crippen molar-refractivity contribution in [2.75, 3.05) is 31.7 Å². The third-order valence-corrected chi connectivity index (χ3v) is 11.3. The van der Waals surface area contributed by atoms with Gasteiger partial charge in [0.2, 0.25) is 10.0 Å². The van der Waals surface area contributed by atoms with Crippen LogP contribution < -0.4 is 14.4 Å². The van der Waals surface area contributed by atoms with Gasteiger partial charge in [-0.05, 0) is 98.7 Å². The predicted octanol–water partition coefficient (Wildman–Crippen LogP) is 5.12.